The van der Waals surface area contributed by atoms with Crippen molar-refractivity contribution >= 4 is 21.7 Å². The molecule has 4 unspecified atom stereocenters. The Kier molecular flexibility index (Phi) is 5.28. The quantitative estimate of drug-likeness (QED) is 0.769. The lowest BCUT2D eigenvalue weighted by atomic mass is 9.89. The number of amides is 2. The first-order chi connectivity index (χ1) is 13.8. The molecule has 1 aromatic heterocycles. The lowest BCUT2D eigenvalue weighted by Crippen LogP contribution is -2.35. The second-order valence-corrected chi connectivity index (χ2v) is 9.40. The molecule has 8 nitrogen and oxygen atoms in total. The van der Waals surface area contributed by atoms with Crippen LogP contribution in [-0.2, 0) is 9.92 Å². The van der Waals surface area contributed by atoms with Crippen LogP contribution in [0.5, 0.6) is 0 Å². The average Bonchev–Trinajstić information content (AvgIpc) is 3.39. The van der Waals surface area contributed by atoms with E-state index in [0.29, 0.717) is 10.6 Å². The number of alkyl halides is 2. The number of carbonyl (C=O) groups excluding carboxylic acids is 1. The van der Waals surface area contributed by atoms with Crippen molar-refractivity contribution < 1.29 is 17.8 Å². The largest absolute Gasteiger partial charge is 0.354 e. The van der Waals surface area contributed by atoms with E-state index in [2.05, 4.69) is 21.7 Å². The fraction of sp³-hybridized carbons (Fsp3) is 0.611. The van der Waals surface area contributed by atoms with E-state index in [-0.39, 0.29) is 17.0 Å². The Hall–Kier alpha value is -2.14. The fourth-order valence-electron chi connectivity index (χ4n) is 4.58. The number of nitrogens with zero attached hydrogens (tertiary/aromatic N) is 4. The van der Waals surface area contributed by atoms with E-state index in [4.69, 9.17) is 10.1 Å². The first-order valence-corrected chi connectivity index (χ1v) is 11.4. The molecule has 3 aliphatic rings. The second kappa shape index (κ2) is 7.60. The van der Waals surface area contributed by atoms with Crippen molar-refractivity contribution in [3.8, 4) is 0 Å². The molecule has 1 aliphatic heterocycles. The Morgan fingerprint density at radius 3 is 2.93 bits per heavy atom. The molecule has 2 aliphatic carbocycles. The molecule has 2 fully saturated rings. The molecule has 0 spiro atoms. The van der Waals surface area contributed by atoms with Crippen LogP contribution in [0.1, 0.15) is 52.0 Å². The summed E-state index contributed by atoms with van der Waals surface area (Å²) in [5.41, 5.74) is 2.96. The van der Waals surface area contributed by atoms with Crippen molar-refractivity contribution in [1.29, 1.82) is 0 Å². The van der Waals surface area contributed by atoms with Crippen LogP contribution in [0, 0.1) is 11.8 Å². The number of aliphatic imine (C=N–C) groups is 1. The van der Waals surface area contributed by atoms with Gasteiger partial charge in [0, 0.05) is 29.4 Å². The van der Waals surface area contributed by atoms with E-state index in [1.807, 2.05) is 0 Å². The number of rotatable bonds is 4. The topological polar surface area (TPSA) is 115 Å². The van der Waals surface area contributed by atoms with Crippen LogP contribution < -0.4 is 10.5 Å². The Morgan fingerprint density at radius 1 is 1.45 bits per heavy atom. The van der Waals surface area contributed by atoms with E-state index in [9.17, 15) is 17.8 Å². The highest BCUT2D eigenvalue weighted by Gasteiger charge is 2.41. The van der Waals surface area contributed by atoms with Gasteiger partial charge in [0.25, 0.3) is 0 Å². The van der Waals surface area contributed by atoms with E-state index >= 15 is 0 Å². The minimum atomic E-state index is -3.74. The van der Waals surface area contributed by atoms with Crippen molar-refractivity contribution in [3.05, 3.63) is 23.5 Å². The van der Waals surface area contributed by atoms with Gasteiger partial charge in [0.1, 0.15) is 0 Å². The number of hydrogen-bond acceptors (Lipinski definition) is 4. The van der Waals surface area contributed by atoms with Crippen molar-refractivity contribution in [2.45, 2.75) is 63.1 Å². The summed E-state index contributed by atoms with van der Waals surface area (Å²) in [4.78, 5) is 17.5. The summed E-state index contributed by atoms with van der Waals surface area (Å²) < 4.78 is 41.9. The zero-order valence-corrected chi connectivity index (χ0v) is 16.9. The highest BCUT2D eigenvalue weighted by atomic mass is 32.2. The smallest absolute Gasteiger partial charge is 0.309 e. The first-order valence-electron chi connectivity index (χ1n) is 9.80. The zero-order valence-electron chi connectivity index (χ0n) is 16.1. The molecule has 2 amide bonds. The predicted molar refractivity (Wildman–Crippen MR) is 104 cm³/mol. The van der Waals surface area contributed by atoms with Gasteiger partial charge in [-0.25, -0.2) is 18.8 Å². The number of nitrogens with one attached hydrogen (secondary N) is 1. The normalized spacial score (nSPS) is 28.0. The van der Waals surface area contributed by atoms with Gasteiger partial charge >= 0.3 is 12.6 Å². The number of fused-ring (bicyclic) bond motifs is 2. The van der Waals surface area contributed by atoms with Gasteiger partial charge in [-0.2, -0.15) is 13.9 Å². The van der Waals surface area contributed by atoms with Crippen LogP contribution in [0.2, 0.25) is 0 Å². The number of hydrogen-bond donors (Lipinski definition) is 2. The summed E-state index contributed by atoms with van der Waals surface area (Å²) in [6.07, 6.45) is 6.72. The molecule has 29 heavy (non-hydrogen) atoms. The van der Waals surface area contributed by atoms with Crippen LogP contribution in [0.4, 0.5) is 13.6 Å². The zero-order chi connectivity index (χ0) is 20.8. The van der Waals surface area contributed by atoms with Gasteiger partial charge in [-0.1, -0.05) is 13.3 Å². The Balaban J connectivity index is 1.62. The van der Waals surface area contributed by atoms with Crippen LogP contribution in [0.15, 0.2) is 37.9 Å². The van der Waals surface area contributed by atoms with Crippen LogP contribution in [0.3, 0.4) is 0 Å². The monoisotopic (exact) mass is 426 g/mol. The number of allylic oxidation sites excluding steroid dienone is 1. The number of dihydropyridines is 1. The maximum atomic E-state index is 12.7. The SMILES string of the molecule is CCC1CCC2=C(NC(=O)N=S(N)(=O)c3ccn(C(F)F)n3)C3CCCC3N=C21. The van der Waals surface area contributed by atoms with Gasteiger partial charge < -0.3 is 5.32 Å². The Labute approximate surface area is 167 Å². The molecule has 3 N–H and O–H groups in total. The minimum Gasteiger partial charge on any atom is -0.309 e. The molecule has 158 valence electrons. The molecule has 4 atom stereocenters. The lowest BCUT2D eigenvalue weighted by Gasteiger charge is -2.28. The number of halogens is 2. The molecule has 11 heteroatoms. The third-order valence-electron chi connectivity index (χ3n) is 5.96. The first kappa shape index (κ1) is 20.1. The number of carbonyl (C=O) groups is 1. The summed E-state index contributed by atoms with van der Waals surface area (Å²) in [6.45, 7) is -0.764. The van der Waals surface area contributed by atoms with Crippen LogP contribution >= 0.6 is 0 Å². The Bertz CT molecular complexity index is 1010. The van der Waals surface area contributed by atoms with Gasteiger partial charge in [0.05, 0.1) is 6.04 Å². The molecule has 2 heterocycles. The Morgan fingerprint density at radius 2 is 2.24 bits per heavy atom. The van der Waals surface area contributed by atoms with Crippen molar-refractivity contribution in [1.82, 2.24) is 15.1 Å². The van der Waals surface area contributed by atoms with Gasteiger partial charge in [-0.15, -0.1) is 4.36 Å². The molecular formula is C18H24F2N6O2S. The number of urea groups is 1. The van der Waals surface area contributed by atoms with E-state index in [1.54, 1.807) is 0 Å². The summed E-state index contributed by atoms with van der Waals surface area (Å²) in [6, 6.07) is 0.382. The highest BCUT2D eigenvalue weighted by molar-refractivity contribution is 7.91. The molecule has 4 rings (SSSR count). The second-order valence-electron chi connectivity index (χ2n) is 7.66. The third-order valence-corrected chi connectivity index (χ3v) is 7.21. The van der Waals surface area contributed by atoms with Crippen molar-refractivity contribution in [3.63, 3.8) is 0 Å². The van der Waals surface area contributed by atoms with E-state index in [0.717, 1.165) is 67.8 Å². The fourth-order valence-corrected chi connectivity index (χ4v) is 5.43. The molecule has 0 saturated heterocycles. The van der Waals surface area contributed by atoms with E-state index in [1.165, 1.54) is 0 Å². The summed E-state index contributed by atoms with van der Waals surface area (Å²) in [5.74, 6) is 0.516. The molecule has 2 saturated carbocycles. The standard InChI is InChI=1S/C18H24F2N6O2S/c1-2-10-6-7-12-15(10)22-13-5-3-4-11(13)16(12)23-18(27)25-29(21,28)14-8-9-26(24-14)17(19)20/h8-11,13,17H,2-7H2,1H3,(H3,21,23,25,27,28). The van der Waals surface area contributed by atoms with E-state index < -0.39 is 22.5 Å². The van der Waals surface area contributed by atoms with Crippen molar-refractivity contribution in [2.24, 2.45) is 26.3 Å². The van der Waals surface area contributed by atoms with Gasteiger partial charge in [0.15, 0.2) is 14.9 Å². The van der Waals surface area contributed by atoms with Crippen molar-refractivity contribution in [2.75, 3.05) is 0 Å². The molecule has 0 aromatic carbocycles. The average molecular weight is 426 g/mol. The lowest BCUT2D eigenvalue weighted by molar-refractivity contribution is 0.0554. The van der Waals surface area contributed by atoms with Gasteiger partial charge in [-0.3, -0.25) is 4.99 Å². The highest BCUT2D eigenvalue weighted by Crippen LogP contribution is 2.44. The summed E-state index contributed by atoms with van der Waals surface area (Å²) >= 11 is 0. The van der Waals surface area contributed by atoms with Gasteiger partial charge in [0.2, 0.25) is 0 Å². The molecule has 0 radical (unpaired) electrons. The maximum absolute atomic E-state index is 12.7. The van der Waals surface area contributed by atoms with Gasteiger partial charge in [-0.05, 0) is 43.7 Å². The number of aromatic nitrogens is 2. The minimum absolute atomic E-state index is 0.121. The molecule has 1 aromatic rings. The predicted octanol–water partition coefficient (Wildman–Crippen LogP) is 3.39. The molecular weight excluding hydrogens is 402 g/mol. The third kappa shape index (κ3) is 3.73. The number of nitrogens with two attached hydrogens (primary N) is 1. The molecule has 0 bridgehead atoms. The maximum Gasteiger partial charge on any atom is 0.354 e. The summed E-state index contributed by atoms with van der Waals surface area (Å²) in [5, 5.41) is 11.6. The van der Waals surface area contributed by atoms with Crippen LogP contribution in [0.25, 0.3) is 0 Å². The van der Waals surface area contributed by atoms with Crippen LogP contribution in [-0.4, -0.2) is 31.8 Å². The summed E-state index contributed by atoms with van der Waals surface area (Å²) in [7, 11) is -3.74.